The highest BCUT2D eigenvalue weighted by molar-refractivity contribution is 6.13. The second-order valence-corrected chi connectivity index (χ2v) is 6.37. The van der Waals surface area contributed by atoms with Crippen LogP contribution in [0.15, 0.2) is 77.6 Å². The van der Waals surface area contributed by atoms with Crippen molar-refractivity contribution in [3.05, 3.63) is 88.7 Å². The van der Waals surface area contributed by atoms with E-state index in [0.717, 1.165) is 27.8 Å². The van der Waals surface area contributed by atoms with Crippen molar-refractivity contribution in [2.45, 2.75) is 6.54 Å². The molecule has 1 heterocycles. The van der Waals surface area contributed by atoms with Gasteiger partial charge in [0, 0.05) is 16.5 Å². The van der Waals surface area contributed by atoms with Gasteiger partial charge in [0.25, 0.3) is 5.56 Å². The number of nitrogens with zero attached hydrogens (tertiary/aromatic N) is 2. The molecule has 0 spiro atoms. The highest BCUT2D eigenvalue weighted by Gasteiger charge is 2.25. The van der Waals surface area contributed by atoms with E-state index in [4.69, 9.17) is 0 Å². The van der Waals surface area contributed by atoms with E-state index >= 15 is 0 Å². The topological polar surface area (TPSA) is 52.0 Å². The summed E-state index contributed by atoms with van der Waals surface area (Å²) in [6.45, 7) is -0.0712. The molecule has 3 aromatic carbocycles. The van der Waals surface area contributed by atoms with E-state index in [9.17, 15) is 9.59 Å². The maximum Gasteiger partial charge on any atom is 0.275 e. The molecule has 1 aliphatic carbocycles. The molecule has 1 aliphatic rings. The first-order valence-electron chi connectivity index (χ1n) is 8.46. The Morgan fingerprint density at radius 3 is 2.31 bits per heavy atom. The van der Waals surface area contributed by atoms with E-state index < -0.39 is 0 Å². The summed E-state index contributed by atoms with van der Waals surface area (Å²) in [5, 5.41) is 6.04. The lowest BCUT2D eigenvalue weighted by Crippen LogP contribution is -2.27. The van der Waals surface area contributed by atoms with Gasteiger partial charge in [0.05, 0.1) is 5.39 Å². The van der Waals surface area contributed by atoms with Gasteiger partial charge in [-0.3, -0.25) is 9.59 Å². The molecule has 0 radical (unpaired) electrons. The number of hydrogen-bond donors (Lipinski definition) is 0. The third-order valence-electron chi connectivity index (χ3n) is 4.85. The SMILES string of the molecule is O=C(Cn1nc2c3c(cccc3c1=O)-c1ccccc1-2)c1ccccc1. The number of Topliss-reactive ketones (excluding diaryl/α,β-unsaturated/α-hetero) is 1. The summed E-state index contributed by atoms with van der Waals surface area (Å²) in [5.74, 6) is -0.130. The lowest BCUT2D eigenvalue weighted by Gasteiger charge is -2.08. The molecular weight excluding hydrogens is 324 g/mol. The summed E-state index contributed by atoms with van der Waals surface area (Å²) >= 11 is 0. The van der Waals surface area contributed by atoms with Gasteiger partial charge in [0.2, 0.25) is 0 Å². The van der Waals surface area contributed by atoms with Gasteiger partial charge in [0.1, 0.15) is 12.2 Å². The monoisotopic (exact) mass is 338 g/mol. The molecule has 0 aliphatic heterocycles. The number of aromatic nitrogens is 2. The first-order valence-corrected chi connectivity index (χ1v) is 8.46. The van der Waals surface area contributed by atoms with Crippen LogP contribution < -0.4 is 5.56 Å². The number of benzene rings is 3. The van der Waals surface area contributed by atoms with Crippen molar-refractivity contribution in [2.24, 2.45) is 0 Å². The Morgan fingerprint density at radius 1 is 0.808 bits per heavy atom. The van der Waals surface area contributed by atoms with Crippen LogP contribution in [0, 0.1) is 0 Å². The standard InChI is InChI=1S/C22H14N2O2/c25-19(14-7-2-1-3-8-14)13-24-22(26)18-12-6-11-16-15-9-4-5-10-17(15)21(23-24)20(16)18/h1-12H,13H2. The highest BCUT2D eigenvalue weighted by atomic mass is 16.1. The van der Waals surface area contributed by atoms with Crippen LogP contribution in [0.25, 0.3) is 33.2 Å². The Labute approximate surface area is 149 Å². The molecule has 124 valence electrons. The van der Waals surface area contributed by atoms with Gasteiger partial charge >= 0.3 is 0 Å². The maximum atomic E-state index is 12.9. The fourth-order valence-corrected chi connectivity index (χ4v) is 3.64. The van der Waals surface area contributed by atoms with Crippen molar-refractivity contribution in [3.8, 4) is 22.4 Å². The van der Waals surface area contributed by atoms with E-state index in [1.54, 1.807) is 12.1 Å². The Hall–Kier alpha value is -3.53. The molecule has 0 saturated carbocycles. The van der Waals surface area contributed by atoms with Crippen LogP contribution in [0.4, 0.5) is 0 Å². The summed E-state index contributed by atoms with van der Waals surface area (Å²) in [4.78, 5) is 25.5. The van der Waals surface area contributed by atoms with E-state index in [2.05, 4.69) is 5.10 Å². The molecule has 4 heteroatoms. The van der Waals surface area contributed by atoms with Gasteiger partial charge in [-0.05, 0) is 17.2 Å². The molecule has 0 saturated heterocycles. The quantitative estimate of drug-likeness (QED) is 0.468. The summed E-state index contributed by atoms with van der Waals surface area (Å²) < 4.78 is 1.29. The van der Waals surface area contributed by atoms with Crippen molar-refractivity contribution >= 4 is 16.6 Å². The van der Waals surface area contributed by atoms with Crippen molar-refractivity contribution in [1.29, 1.82) is 0 Å². The van der Waals surface area contributed by atoms with Crippen LogP contribution in [0.5, 0.6) is 0 Å². The minimum atomic E-state index is -0.234. The molecule has 1 aromatic heterocycles. The van der Waals surface area contributed by atoms with E-state index in [1.165, 1.54) is 4.68 Å². The molecule has 4 aromatic rings. The van der Waals surface area contributed by atoms with Crippen LogP contribution >= 0.6 is 0 Å². The minimum Gasteiger partial charge on any atom is -0.292 e. The Kier molecular flexibility index (Phi) is 3.12. The van der Waals surface area contributed by atoms with Crippen LogP contribution in [0.1, 0.15) is 10.4 Å². The van der Waals surface area contributed by atoms with Gasteiger partial charge in [-0.15, -0.1) is 0 Å². The molecule has 0 amide bonds. The number of rotatable bonds is 3. The van der Waals surface area contributed by atoms with Gasteiger partial charge in [-0.1, -0.05) is 66.7 Å². The van der Waals surface area contributed by atoms with E-state index in [0.29, 0.717) is 10.9 Å². The maximum absolute atomic E-state index is 12.9. The van der Waals surface area contributed by atoms with Gasteiger partial charge in [-0.25, -0.2) is 4.68 Å². The summed E-state index contributed by atoms with van der Waals surface area (Å²) in [6.07, 6.45) is 0. The Balaban J connectivity index is 1.71. The van der Waals surface area contributed by atoms with Gasteiger partial charge in [0.15, 0.2) is 5.78 Å². The molecule has 5 rings (SSSR count). The van der Waals surface area contributed by atoms with Crippen molar-refractivity contribution in [1.82, 2.24) is 9.78 Å². The summed E-state index contributed by atoms with van der Waals surface area (Å²) in [5.41, 5.74) is 4.22. The van der Waals surface area contributed by atoms with Crippen LogP contribution in [-0.4, -0.2) is 15.6 Å². The lowest BCUT2D eigenvalue weighted by molar-refractivity contribution is 0.0966. The number of hydrogen-bond acceptors (Lipinski definition) is 3. The second-order valence-electron chi connectivity index (χ2n) is 6.37. The van der Waals surface area contributed by atoms with Crippen molar-refractivity contribution < 1.29 is 4.79 Å². The van der Waals surface area contributed by atoms with Crippen LogP contribution in [0.2, 0.25) is 0 Å². The van der Waals surface area contributed by atoms with Gasteiger partial charge < -0.3 is 0 Å². The summed E-state index contributed by atoms with van der Waals surface area (Å²) in [6, 6.07) is 22.7. The van der Waals surface area contributed by atoms with E-state index in [-0.39, 0.29) is 17.9 Å². The number of fused-ring (bicyclic) bond motifs is 3. The molecule has 0 N–H and O–H groups in total. The predicted octanol–water partition coefficient (Wildman–Crippen LogP) is 3.93. The minimum absolute atomic E-state index is 0.0712. The zero-order valence-electron chi connectivity index (χ0n) is 13.8. The number of ketones is 1. The third kappa shape index (κ3) is 2.05. The largest absolute Gasteiger partial charge is 0.292 e. The molecule has 0 fully saturated rings. The average molecular weight is 338 g/mol. The zero-order chi connectivity index (χ0) is 17.7. The molecule has 0 bridgehead atoms. The lowest BCUT2D eigenvalue weighted by atomic mass is 10.0. The van der Waals surface area contributed by atoms with Crippen LogP contribution in [0.3, 0.4) is 0 Å². The number of carbonyl (C=O) groups excluding carboxylic acids is 1. The highest BCUT2D eigenvalue weighted by Crippen LogP contribution is 2.44. The van der Waals surface area contributed by atoms with Gasteiger partial charge in [-0.2, -0.15) is 5.10 Å². The average Bonchev–Trinajstić information content (AvgIpc) is 3.01. The molecule has 4 nitrogen and oxygen atoms in total. The first kappa shape index (κ1) is 14.8. The predicted molar refractivity (Wildman–Crippen MR) is 101 cm³/mol. The number of carbonyl (C=O) groups is 1. The first-order chi connectivity index (χ1) is 12.7. The van der Waals surface area contributed by atoms with Crippen molar-refractivity contribution in [2.75, 3.05) is 0 Å². The second kappa shape index (κ2) is 5.49. The van der Waals surface area contributed by atoms with E-state index in [1.807, 2.05) is 60.7 Å². The Morgan fingerprint density at radius 2 is 1.50 bits per heavy atom. The Bertz CT molecular complexity index is 1240. The molecular formula is C22H14N2O2. The molecule has 0 unspecified atom stereocenters. The fourth-order valence-electron chi connectivity index (χ4n) is 3.64. The van der Waals surface area contributed by atoms with Crippen molar-refractivity contribution in [3.63, 3.8) is 0 Å². The molecule has 0 atom stereocenters. The van der Waals surface area contributed by atoms with Crippen LogP contribution in [-0.2, 0) is 6.54 Å². The smallest absolute Gasteiger partial charge is 0.275 e. The third-order valence-corrected chi connectivity index (χ3v) is 4.85. The summed E-state index contributed by atoms with van der Waals surface area (Å²) in [7, 11) is 0. The zero-order valence-corrected chi connectivity index (χ0v) is 13.8. The normalized spacial score (nSPS) is 11.5. The molecule has 26 heavy (non-hydrogen) atoms. The fraction of sp³-hybridized carbons (Fsp3) is 0.0455.